The lowest BCUT2D eigenvalue weighted by Crippen LogP contribution is -2.55. The van der Waals surface area contributed by atoms with Gasteiger partial charge < -0.3 is 19.7 Å². The summed E-state index contributed by atoms with van der Waals surface area (Å²) in [5, 5.41) is 20.1. The summed E-state index contributed by atoms with van der Waals surface area (Å²) in [6.07, 6.45) is 51.7. The van der Waals surface area contributed by atoms with Gasteiger partial charge in [-0.2, -0.15) is 0 Å². The molecule has 31 rings (SSSR count). The highest BCUT2D eigenvalue weighted by atomic mass is 16.5. The fraction of sp³-hybridized carbons (Fsp3) is 0.616. The van der Waals surface area contributed by atoms with Gasteiger partial charge in [0.05, 0.1) is 16.5 Å². The molecule has 0 aliphatic heterocycles. The largest absolute Gasteiger partial charge is 0.478 e. The van der Waals surface area contributed by atoms with Gasteiger partial charge in [-0.3, -0.25) is 0 Å². The quantitative estimate of drug-likeness (QED) is 0.113. The zero-order valence-electron chi connectivity index (χ0n) is 62.3. The van der Waals surface area contributed by atoms with E-state index in [1.165, 1.54) is 242 Å². The Morgan fingerprint density at radius 3 is 0.648 bits per heavy atom. The number of benzene rings is 6. The number of rotatable bonds is 14. The Morgan fingerprint density at radius 1 is 0.248 bits per heavy atom. The normalized spacial score (nSPS) is 43.7. The molecular weight excluding hydrogens is 1290 g/mol. The van der Waals surface area contributed by atoms with Crippen LogP contribution in [0.25, 0.3) is 11.1 Å². The SMILES string of the molecule is O=C(O)c1ccc(Oc2ccc(C3(c4ccc(Oc5ccc(C(=O)O)cc5)cc4)c4cc(C56CC7CC(CC(C7)C5)C6)c(C56CC7CC(CC(C7)C5)C6)c(C56CC7CC(CC(C7)C5)C6)c4-c4c3cc(C35CC6CC(CC(C6)C3)C5)c(C35CC6CC(CC(C6)C3)C5)c4C34CC5CC(CC(C5)C3)C4)cc2)cc1. The summed E-state index contributed by atoms with van der Waals surface area (Å²) >= 11 is 0. The van der Waals surface area contributed by atoms with Crippen LogP contribution in [0.1, 0.15) is 308 Å². The topological polar surface area (TPSA) is 93.1 Å². The van der Waals surface area contributed by atoms with Gasteiger partial charge in [0, 0.05) is 0 Å². The first-order valence-electron chi connectivity index (χ1n) is 43.8. The molecule has 0 aromatic heterocycles. The minimum absolute atomic E-state index is 0.128. The van der Waals surface area contributed by atoms with Crippen molar-refractivity contribution in [3.05, 3.63) is 176 Å². The van der Waals surface area contributed by atoms with E-state index in [4.69, 9.17) is 9.47 Å². The second-order valence-electron chi connectivity index (χ2n) is 43.0. The summed E-state index contributed by atoms with van der Waals surface area (Å²) in [7, 11) is 0. The molecule has 0 heterocycles. The van der Waals surface area contributed by atoms with Crippen molar-refractivity contribution in [2.45, 2.75) is 269 Å². The standard InChI is InChI=1S/C99H110O6/c100-91(101)73-1-9-77(10-2-73)104-79-13-5-75(6-14-79)99(76-7-15-80(16-8-76)105-78-11-3-74(4-12-78)92(102)103)81-35-83(93-37-55-17-56(38-93)19-57(18-55)39-93)87(95-43-61-23-62(44-95)25-63(24-61)45-95)89(97-49-67-29-68(50-97)31-69(30-67)51-97)85(81)86-82(99)36-84(94-40-58-20-59(41-94)22-60(21-58)42-94)88(96-46-64-26-65(47-96)28-66(27-64)48-96)90(86)98-52-70-32-71(53-98)34-72(33-70)54-98/h1-16,35-36,55-72H,17-34,37-54H2,(H,100,101)(H,102,103). The lowest BCUT2D eigenvalue weighted by atomic mass is 9.40. The Hall–Kier alpha value is -6.14. The van der Waals surface area contributed by atoms with E-state index in [-0.39, 0.29) is 43.6 Å². The van der Waals surface area contributed by atoms with E-state index in [1.807, 2.05) is 57.6 Å². The van der Waals surface area contributed by atoms with Crippen molar-refractivity contribution in [3.8, 4) is 34.1 Å². The van der Waals surface area contributed by atoms with Crippen molar-refractivity contribution in [2.24, 2.45) is 107 Å². The first kappa shape index (κ1) is 62.7. The Bertz CT molecular complexity index is 4150. The van der Waals surface area contributed by atoms with E-state index in [2.05, 4.69) is 71.8 Å². The van der Waals surface area contributed by atoms with E-state index >= 15 is 0 Å². The molecule has 6 aromatic carbocycles. The molecule has 24 bridgehead atoms. The van der Waals surface area contributed by atoms with Crippen LogP contribution < -0.4 is 9.47 Å². The molecule has 6 heteroatoms. The molecule has 105 heavy (non-hydrogen) atoms. The van der Waals surface area contributed by atoms with Gasteiger partial charge in [-0.1, -0.05) is 36.4 Å². The summed E-state index contributed by atoms with van der Waals surface area (Å²) in [5.74, 6) is 16.0. The Kier molecular flexibility index (Phi) is 12.9. The Labute approximate surface area is 623 Å². The molecule has 6 aromatic rings. The van der Waals surface area contributed by atoms with Gasteiger partial charge >= 0.3 is 11.9 Å². The Balaban J connectivity index is 0.854. The van der Waals surface area contributed by atoms with Gasteiger partial charge in [0.2, 0.25) is 0 Å². The first-order chi connectivity index (χ1) is 51.1. The number of fused-ring (bicyclic) bond motifs is 3. The van der Waals surface area contributed by atoms with Crippen LogP contribution in [-0.4, -0.2) is 22.2 Å². The van der Waals surface area contributed by atoms with E-state index in [9.17, 15) is 19.8 Å². The van der Waals surface area contributed by atoms with Crippen molar-refractivity contribution in [1.29, 1.82) is 0 Å². The predicted octanol–water partition coefficient (Wildman–Crippen LogP) is 23.8. The van der Waals surface area contributed by atoms with Crippen LogP contribution in [0.15, 0.2) is 109 Å². The number of aromatic carboxylic acids is 2. The maximum absolute atomic E-state index is 12.3. The molecule has 0 radical (unpaired) electrons. The van der Waals surface area contributed by atoms with Gasteiger partial charge in [-0.15, -0.1) is 0 Å². The molecule has 0 unspecified atom stereocenters. The van der Waals surface area contributed by atoms with Crippen LogP contribution in [0, 0.1) is 107 Å². The molecule has 25 aliphatic rings. The van der Waals surface area contributed by atoms with Gasteiger partial charge in [0.1, 0.15) is 23.0 Å². The third-order valence-electron chi connectivity index (χ3n) is 36.5. The highest BCUT2D eigenvalue weighted by Gasteiger charge is 2.67. The van der Waals surface area contributed by atoms with Crippen LogP contribution in [0.4, 0.5) is 0 Å². The number of hydrogen-bond donors (Lipinski definition) is 2. The smallest absolute Gasteiger partial charge is 0.335 e. The van der Waals surface area contributed by atoms with Gasteiger partial charge in [-0.25, -0.2) is 9.59 Å². The molecule has 0 saturated heterocycles. The van der Waals surface area contributed by atoms with Crippen molar-refractivity contribution < 1.29 is 29.3 Å². The van der Waals surface area contributed by atoms with Crippen molar-refractivity contribution in [1.82, 2.24) is 0 Å². The summed E-state index contributed by atoms with van der Waals surface area (Å²) in [6.45, 7) is 0. The number of hydrogen-bond acceptors (Lipinski definition) is 4. The third-order valence-corrected chi connectivity index (χ3v) is 36.5. The van der Waals surface area contributed by atoms with E-state index in [1.54, 1.807) is 35.4 Å². The number of carboxylic acids is 2. The van der Waals surface area contributed by atoms with Crippen LogP contribution in [0.2, 0.25) is 0 Å². The molecule has 25 aliphatic carbocycles. The molecule has 0 spiro atoms. The van der Waals surface area contributed by atoms with Crippen LogP contribution in [0.5, 0.6) is 23.0 Å². The van der Waals surface area contributed by atoms with Gasteiger partial charge in [0.15, 0.2) is 0 Å². The predicted molar refractivity (Wildman–Crippen MR) is 410 cm³/mol. The molecule has 6 nitrogen and oxygen atoms in total. The van der Waals surface area contributed by atoms with Crippen molar-refractivity contribution in [3.63, 3.8) is 0 Å². The molecule has 0 atom stereocenters. The highest BCUT2D eigenvalue weighted by molar-refractivity contribution is 5.95. The third kappa shape index (κ3) is 9.01. The average Bonchev–Trinajstić information content (AvgIpc) is 1.53. The number of carboxylic acid groups (broad SMARTS) is 2. The lowest BCUT2D eigenvalue weighted by Gasteiger charge is -2.64. The fourth-order valence-electron chi connectivity index (χ4n) is 36.1. The first-order valence-corrected chi connectivity index (χ1v) is 43.8. The van der Waals surface area contributed by atoms with Crippen molar-refractivity contribution in [2.75, 3.05) is 0 Å². The average molecular weight is 1400 g/mol. The lowest BCUT2D eigenvalue weighted by molar-refractivity contribution is -0.0247. The van der Waals surface area contributed by atoms with Crippen LogP contribution in [0.3, 0.4) is 0 Å². The maximum Gasteiger partial charge on any atom is 0.335 e. The van der Waals surface area contributed by atoms with E-state index < -0.39 is 17.4 Å². The zero-order valence-corrected chi connectivity index (χ0v) is 62.3. The maximum atomic E-state index is 12.3. The van der Waals surface area contributed by atoms with Gasteiger partial charge in [0.25, 0.3) is 0 Å². The highest BCUT2D eigenvalue weighted by Crippen LogP contribution is 2.78. The monoisotopic (exact) mass is 1390 g/mol. The fourth-order valence-corrected chi connectivity index (χ4v) is 36.1. The summed E-state index contributed by atoms with van der Waals surface area (Å²) < 4.78 is 13.9. The minimum Gasteiger partial charge on any atom is -0.478 e. The van der Waals surface area contributed by atoms with Crippen LogP contribution >= 0.6 is 0 Å². The van der Waals surface area contributed by atoms with Crippen molar-refractivity contribution >= 4 is 11.9 Å². The molecule has 542 valence electrons. The summed E-state index contributed by atoms with van der Waals surface area (Å²) in [5.41, 5.74) is 22.7. The zero-order chi connectivity index (χ0) is 69.0. The molecular formula is C99H110O6. The summed E-state index contributed by atoms with van der Waals surface area (Å²) in [4.78, 5) is 24.5. The van der Waals surface area contributed by atoms with E-state index in [0.717, 1.165) is 118 Å². The molecule has 0 amide bonds. The summed E-state index contributed by atoms with van der Waals surface area (Å²) in [6, 6.07) is 40.1. The second kappa shape index (κ2) is 21.7. The van der Waals surface area contributed by atoms with Crippen LogP contribution in [-0.2, 0) is 37.9 Å². The Morgan fingerprint density at radius 2 is 0.438 bits per heavy atom. The molecule has 24 fully saturated rings. The number of ether oxygens (including phenoxy) is 2. The molecule has 2 N–H and O–H groups in total. The van der Waals surface area contributed by atoms with E-state index in [0.29, 0.717) is 11.5 Å². The minimum atomic E-state index is -0.923. The molecule has 24 saturated carbocycles. The number of carbonyl (C=O) groups is 2. The van der Waals surface area contributed by atoms with Gasteiger partial charge in [-0.05, 0) is 510 Å². The second-order valence-corrected chi connectivity index (χ2v) is 43.0.